The smallest absolute Gasteiger partial charge is 0.215 e. The third-order valence-electron chi connectivity index (χ3n) is 0.865. The first kappa shape index (κ1) is 7.81. The summed E-state index contributed by atoms with van der Waals surface area (Å²) < 4.78 is 0. The fourth-order valence-electron chi connectivity index (χ4n) is 0.483. The van der Waals surface area contributed by atoms with Crippen LogP contribution < -0.4 is 4.98 Å². The molecule has 0 bridgehead atoms. The molecule has 0 aromatic carbocycles. The van der Waals surface area contributed by atoms with Crippen LogP contribution >= 0.6 is 0 Å². The Labute approximate surface area is 62.8 Å². The molecule has 2 heteroatoms. The van der Waals surface area contributed by atoms with Crippen LogP contribution in [-0.4, -0.2) is 0 Å². The van der Waals surface area contributed by atoms with Gasteiger partial charge in [0.1, 0.15) is 0 Å². The molecule has 0 amide bonds. The van der Waals surface area contributed by atoms with Crippen LogP contribution in [0.3, 0.4) is 0 Å². The fraction of sp³-hybridized carbons (Fsp3) is 0.167. The Balaban J connectivity index is 0.000000490. The molecule has 0 spiro atoms. The molecule has 0 atom stereocenters. The normalized spacial score (nSPS) is 7.62. The number of aromatic nitrogens is 1. The Morgan fingerprint density at radius 2 is 2.12 bits per heavy atom. The Morgan fingerprint density at radius 3 is 2.38 bits per heavy atom. The van der Waals surface area contributed by atoms with E-state index in [0.29, 0.717) is 0 Å². The molecular weight excluding hydrogens is 192 g/mol. The third-order valence-corrected chi connectivity index (χ3v) is 0.865. The molecule has 0 radical (unpaired) electrons. The van der Waals surface area contributed by atoms with Crippen molar-refractivity contribution in [2.24, 2.45) is 0 Å². The predicted molar refractivity (Wildman–Crippen MR) is 27.7 cm³/mol. The van der Waals surface area contributed by atoms with Crippen molar-refractivity contribution in [2.45, 2.75) is 6.92 Å². The maximum absolute atomic E-state index is 3.03. The van der Waals surface area contributed by atoms with Crippen molar-refractivity contribution in [3.8, 4) is 0 Å². The molecule has 0 aliphatic carbocycles. The molecule has 8 heavy (non-hydrogen) atoms. The number of H-pyrrole nitrogens is 1. The Morgan fingerprint density at radius 1 is 1.38 bits per heavy atom. The van der Waals surface area contributed by atoms with Gasteiger partial charge < -0.3 is 0 Å². The molecule has 0 aliphatic heterocycles. The number of nitrogens with one attached hydrogen (secondary N) is 1. The summed E-state index contributed by atoms with van der Waals surface area (Å²) in [7, 11) is 0. The summed E-state index contributed by atoms with van der Waals surface area (Å²) in [6, 6.07) is 6.00. The van der Waals surface area contributed by atoms with Crippen molar-refractivity contribution >= 4 is 0 Å². The Kier molecular flexibility index (Phi) is 3.68. The van der Waals surface area contributed by atoms with Gasteiger partial charge in [0.05, 0.1) is 0 Å². The van der Waals surface area contributed by atoms with Crippen LogP contribution in [0.2, 0.25) is 0 Å². The van der Waals surface area contributed by atoms with E-state index in [1.807, 2.05) is 31.3 Å². The van der Waals surface area contributed by atoms with E-state index >= 15 is 0 Å². The first-order chi connectivity index (χ1) is 3.39. The van der Waals surface area contributed by atoms with Crippen LogP contribution in [0.5, 0.6) is 0 Å². The molecule has 0 saturated heterocycles. The van der Waals surface area contributed by atoms with Gasteiger partial charge in [-0.2, -0.15) is 0 Å². The van der Waals surface area contributed by atoms with Gasteiger partial charge in [-0.1, -0.05) is 6.07 Å². The van der Waals surface area contributed by atoms with E-state index in [0.717, 1.165) is 0 Å². The van der Waals surface area contributed by atoms with Crippen LogP contribution in [0.25, 0.3) is 0 Å². The van der Waals surface area contributed by atoms with Crippen molar-refractivity contribution < 1.29 is 25.4 Å². The molecule has 0 unspecified atom stereocenters. The first-order valence-electron chi connectivity index (χ1n) is 2.33. The number of aryl methyl sites for hydroxylation is 1. The Hall–Kier alpha value is -0.188. The van der Waals surface area contributed by atoms with Gasteiger partial charge in [0, 0.05) is 19.1 Å². The number of rotatable bonds is 0. The van der Waals surface area contributed by atoms with Crippen LogP contribution in [0.4, 0.5) is 0 Å². The summed E-state index contributed by atoms with van der Waals surface area (Å²) in [5.41, 5.74) is 1.20. The van der Waals surface area contributed by atoms with E-state index in [9.17, 15) is 0 Å². The summed E-state index contributed by atoms with van der Waals surface area (Å²) in [6.07, 6.45) is 1.91. The average molecular weight is 201 g/mol. The number of pyridine rings is 1. The second-order valence-electron chi connectivity index (χ2n) is 1.55. The van der Waals surface area contributed by atoms with Crippen molar-refractivity contribution in [3.05, 3.63) is 30.1 Å². The molecule has 1 heterocycles. The van der Waals surface area contributed by atoms with Crippen molar-refractivity contribution in [1.29, 1.82) is 0 Å². The molecule has 44 valence electrons. The van der Waals surface area contributed by atoms with Gasteiger partial charge >= 0.3 is 20.4 Å². The minimum atomic E-state index is 0. The van der Waals surface area contributed by atoms with Gasteiger partial charge in [0.15, 0.2) is 11.9 Å². The molecular formula is C6H8NPd+3. The van der Waals surface area contributed by atoms with E-state index < -0.39 is 0 Å². The summed E-state index contributed by atoms with van der Waals surface area (Å²) >= 11 is 0. The van der Waals surface area contributed by atoms with Gasteiger partial charge in [-0.25, -0.2) is 4.98 Å². The largest absolute Gasteiger partial charge is 2.00 e. The third kappa shape index (κ3) is 2.21. The topological polar surface area (TPSA) is 14.1 Å². The molecule has 1 nitrogen and oxygen atoms in total. The van der Waals surface area contributed by atoms with Crippen molar-refractivity contribution in [3.63, 3.8) is 0 Å². The van der Waals surface area contributed by atoms with Gasteiger partial charge in [-0.05, 0) is 0 Å². The van der Waals surface area contributed by atoms with E-state index in [-0.39, 0.29) is 20.4 Å². The van der Waals surface area contributed by atoms with E-state index in [1.165, 1.54) is 5.69 Å². The molecule has 0 aliphatic rings. The quantitative estimate of drug-likeness (QED) is 0.551. The zero-order chi connectivity index (χ0) is 5.11. The average Bonchev–Trinajstić information content (AvgIpc) is 1.69. The molecule has 1 N–H and O–H groups in total. The molecule has 0 fully saturated rings. The number of hydrogen-bond donors (Lipinski definition) is 0. The number of aromatic amines is 1. The summed E-state index contributed by atoms with van der Waals surface area (Å²) in [4.78, 5) is 3.03. The van der Waals surface area contributed by atoms with Crippen LogP contribution in [0.1, 0.15) is 5.69 Å². The zero-order valence-corrected chi connectivity index (χ0v) is 6.18. The minimum Gasteiger partial charge on any atom is -0.215 e. The van der Waals surface area contributed by atoms with Crippen molar-refractivity contribution in [1.82, 2.24) is 0 Å². The number of hydrogen-bond acceptors (Lipinski definition) is 0. The van der Waals surface area contributed by atoms with Crippen molar-refractivity contribution in [2.75, 3.05) is 0 Å². The standard InChI is InChI=1S/C6H7N.Pd/c1-6-4-2-3-5-7-6;/h2-5H,1H3;/q;+2/p+1. The second kappa shape index (κ2) is 3.77. The monoisotopic (exact) mass is 200 g/mol. The predicted octanol–water partition coefficient (Wildman–Crippen LogP) is 0.807. The maximum Gasteiger partial charge on any atom is 2.00 e. The summed E-state index contributed by atoms with van der Waals surface area (Å²) in [5.74, 6) is 0. The SMILES string of the molecule is Cc1cccc[nH+]1.[Pd+2]. The molecule has 1 aromatic heterocycles. The van der Waals surface area contributed by atoms with E-state index in [2.05, 4.69) is 4.98 Å². The van der Waals surface area contributed by atoms with Crippen LogP contribution in [0, 0.1) is 6.92 Å². The first-order valence-corrected chi connectivity index (χ1v) is 2.33. The van der Waals surface area contributed by atoms with Gasteiger partial charge in [-0.15, -0.1) is 0 Å². The van der Waals surface area contributed by atoms with Gasteiger partial charge in [0.25, 0.3) is 0 Å². The molecule has 1 rings (SSSR count). The fourth-order valence-corrected chi connectivity index (χ4v) is 0.483. The summed E-state index contributed by atoms with van der Waals surface area (Å²) in [5, 5.41) is 0. The van der Waals surface area contributed by atoms with Crippen LogP contribution in [-0.2, 0) is 20.4 Å². The van der Waals surface area contributed by atoms with E-state index in [1.54, 1.807) is 0 Å². The molecule has 0 saturated carbocycles. The zero-order valence-electron chi connectivity index (χ0n) is 4.63. The Bertz CT molecular complexity index is 138. The molecule has 1 aromatic rings. The van der Waals surface area contributed by atoms with E-state index in [4.69, 9.17) is 0 Å². The second-order valence-corrected chi connectivity index (χ2v) is 1.55. The van der Waals surface area contributed by atoms with Gasteiger partial charge in [-0.3, -0.25) is 0 Å². The van der Waals surface area contributed by atoms with Crippen LogP contribution in [0.15, 0.2) is 24.4 Å². The summed E-state index contributed by atoms with van der Waals surface area (Å²) in [6.45, 7) is 2.03. The minimum absolute atomic E-state index is 0. The maximum atomic E-state index is 3.03. The van der Waals surface area contributed by atoms with Gasteiger partial charge in [0.2, 0.25) is 0 Å².